The number of amides is 1. The lowest BCUT2D eigenvalue weighted by Gasteiger charge is -2.21. The summed E-state index contributed by atoms with van der Waals surface area (Å²) in [6, 6.07) is 0.134. The second-order valence-electron chi connectivity index (χ2n) is 4.34. The van der Waals surface area contributed by atoms with Gasteiger partial charge in [-0.1, -0.05) is 6.92 Å². The topological polar surface area (TPSA) is 54.0 Å². The molecular weight excluding hydrogens is 234 g/mol. The van der Waals surface area contributed by atoms with Crippen LogP contribution in [-0.4, -0.2) is 23.5 Å². The van der Waals surface area contributed by atoms with Gasteiger partial charge in [0.25, 0.3) is 0 Å². The molecule has 1 aliphatic rings. The number of nitrogens with one attached hydrogen (secondary N) is 2. The number of rotatable bonds is 4. The summed E-state index contributed by atoms with van der Waals surface area (Å²) in [5.74, 6) is 0.137. The van der Waals surface area contributed by atoms with Gasteiger partial charge < -0.3 is 5.32 Å². The van der Waals surface area contributed by atoms with Crippen molar-refractivity contribution >= 4 is 17.2 Å². The fourth-order valence-electron chi connectivity index (χ4n) is 2.11. The molecule has 1 saturated heterocycles. The Kier molecular flexibility index (Phi) is 4.50. The van der Waals surface area contributed by atoms with Gasteiger partial charge in [-0.3, -0.25) is 10.1 Å². The van der Waals surface area contributed by atoms with Gasteiger partial charge in [-0.2, -0.15) is 0 Å². The number of thiazole rings is 1. The molecule has 1 aromatic heterocycles. The van der Waals surface area contributed by atoms with E-state index in [-0.39, 0.29) is 18.0 Å². The molecule has 0 aromatic carbocycles. The molecule has 2 heterocycles. The summed E-state index contributed by atoms with van der Waals surface area (Å²) in [6.45, 7) is 2.93. The predicted octanol–water partition coefficient (Wildman–Crippen LogP) is 1.85. The van der Waals surface area contributed by atoms with Crippen LogP contribution in [-0.2, 0) is 4.79 Å². The van der Waals surface area contributed by atoms with Crippen molar-refractivity contribution in [3.8, 4) is 0 Å². The molecule has 1 aromatic rings. The van der Waals surface area contributed by atoms with Crippen molar-refractivity contribution in [2.75, 3.05) is 6.54 Å². The van der Waals surface area contributed by atoms with Gasteiger partial charge in [0.15, 0.2) is 0 Å². The first-order valence-electron chi connectivity index (χ1n) is 6.24. The number of hydrogen-bond donors (Lipinski definition) is 2. The third-order valence-electron chi connectivity index (χ3n) is 3.10. The van der Waals surface area contributed by atoms with Crippen LogP contribution in [0.2, 0.25) is 0 Å². The lowest BCUT2D eigenvalue weighted by atomic mass is 10.1. The molecule has 1 aliphatic heterocycles. The van der Waals surface area contributed by atoms with E-state index in [0.717, 1.165) is 37.2 Å². The minimum Gasteiger partial charge on any atom is -0.355 e. The largest absolute Gasteiger partial charge is 0.355 e. The van der Waals surface area contributed by atoms with Crippen molar-refractivity contribution in [1.82, 2.24) is 15.6 Å². The van der Waals surface area contributed by atoms with Crippen LogP contribution in [0.25, 0.3) is 0 Å². The van der Waals surface area contributed by atoms with Gasteiger partial charge in [-0.05, 0) is 25.7 Å². The summed E-state index contributed by atoms with van der Waals surface area (Å²) >= 11 is 1.65. The molecule has 4 nitrogen and oxygen atoms in total. The first-order valence-corrected chi connectivity index (χ1v) is 7.12. The van der Waals surface area contributed by atoms with Gasteiger partial charge in [0.1, 0.15) is 5.01 Å². The molecule has 2 unspecified atom stereocenters. The average Bonchev–Trinajstić information content (AvgIpc) is 2.79. The molecule has 0 bridgehead atoms. The normalized spacial score (nSPS) is 22.9. The van der Waals surface area contributed by atoms with Gasteiger partial charge in [-0.25, -0.2) is 4.98 Å². The van der Waals surface area contributed by atoms with Crippen LogP contribution in [0.5, 0.6) is 0 Å². The molecule has 0 aliphatic carbocycles. The zero-order valence-corrected chi connectivity index (χ0v) is 10.9. The molecular formula is C12H19N3OS. The Bertz CT molecular complexity index is 353. The van der Waals surface area contributed by atoms with Crippen molar-refractivity contribution in [2.45, 2.75) is 44.7 Å². The van der Waals surface area contributed by atoms with E-state index in [1.807, 2.05) is 11.6 Å². The van der Waals surface area contributed by atoms with Crippen molar-refractivity contribution in [3.05, 3.63) is 16.6 Å². The average molecular weight is 253 g/mol. The first-order chi connectivity index (χ1) is 8.31. The molecule has 1 amide bonds. The van der Waals surface area contributed by atoms with Crippen LogP contribution in [0, 0.1) is 0 Å². The highest BCUT2D eigenvalue weighted by Crippen LogP contribution is 2.20. The molecule has 2 N–H and O–H groups in total. The summed E-state index contributed by atoms with van der Waals surface area (Å²) < 4.78 is 0. The third-order valence-corrected chi connectivity index (χ3v) is 3.98. The van der Waals surface area contributed by atoms with Crippen LogP contribution < -0.4 is 10.6 Å². The highest BCUT2D eigenvalue weighted by molar-refractivity contribution is 7.09. The van der Waals surface area contributed by atoms with E-state index in [9.17, 15) is 4.79 Å². The van der Waals surface area contributed by atoms with E-state index in [4.69, 9.17) is 0 Å². The molecule has 2 rings (SSSR count). The molecule has 0 radical (unpaired) electrons. The maximum Gasteiger partial charge on any atom is 0.237 e. The van der Waals surface area contributed by atoms with Crippen LogP contribution in [0.4, 0.5) is 0 Å². The smallest absolute Gasteiger partial charge is 0.237 e. The monoisotopic (exact) mass is 253 g/mol. The van der Waals surface area contributed by atoms with Gasteiger partial charge in [0.2, 0.25) is 5.91 Å². The third kappa shape index (κ3) is 3.26. The van der Waals surface area contributed by atoms with Gasteiger partial charge in [0.05, 0.1) is 12.1 Å². The van der Waals surface area contributed by atoms with E-state index in [1.165, 1.54) is 0 Å². The number of carbonyl (C=O) groups excluding carboxylic acids is 1. The Labute approximate surface area is 106 Å². The molecule has 0 spiro atoms. The minimum absolute atomic E-state index is 0.0636. The van der Waals surface area contributed by atoms with E-state index in [1.54, 1.807) is 11.3 Å². The Morgan fingerprint density at radius 3 is 3.24 bits per heavy atom. The van der Waals surface area contributed by atoms with Gasteiger partial charge in [0, 0.05) is 18.1 Å². The fourth-order valence-corrected chi connectivity index (χ4v) is 2.89. The quantitative estimate of drug-likeness (QED) is 0.861. The van der Waals surface area contributed by atoms with Gasteiger partial charge in [-0.15, -0.1) is 11.3 Å². The number of hydrogen-bond acceptors (Lipinski definition) is 4. The molecule has 5 heteroatoms. The summed E-state index contributed by atoms with van der Waals surface area (Å²) in [6.07, 6.45) is 5.88. The second kappa shape index (κ2) is 6.12. The number of carbonyl (C=O) groups is 1. The van der Waals surface area contributed by atoms with E-state index < -0.39 is 0 Å². The molecule has 2 atom stereocenters. The van der Waals surface area contributed by atoms with Crippen molar-refractivity contribution in [1.29, 1.82) is 0 Å². The minimum atomic E-state index is -0.0636. The predicted molar refractivity (Wildman–Crippen MR) is 68.9 cm³/mol. The van der Waals surface area contributed by atoms with Crippen molar-refractivity contribution in [2.24, 2.45) is 0 Å². The lowest BCUT2D eigenvalue weighted by molar-refractivity contribution is -0.123. The Hall–Kier alpha value is -0.940. The maximum absolute atomic E-state index is 11.8. The Morgan fingerprint density at radius 2 is 2.53 bits per heavy atom. The maximum atomic E-state index is 11.8. The van der Waals surface area contributed by atoms with E-state index in [0.29, 0.717) is 0 Å². The molecule has 0 saturated carbocycles. The lowest BCUT2D eigenvalue weighted by Crippen LogP contribution is -2.44. The summed E-state index contributed by atoms with van der Waals surface area (Å²) in [7, 11) is 0. The van der Waals surface area contributed by atoms with Gasteiger partial charge >= 0.3 is 0 Å². The van der Waals surface area contributed by atoms with E-state index in [2.05, 4.69) is 22.5 Å². The summed E-state index contributed by atoms with van der Waals surface area (Å²) in [5.41, 5.74) is 0. The summed E-state index contributed by atoms with van der Waals surface area (Å²) in [4.78, 5) is 16.2. The van der Waals surface area contributed by atoms with Crippen LogP contribution >= 0.6 is 11.3 Å². The number of aromatic nitrogens is 1. The fraction of sp³-hybridized carbons (Fsp3) is 0.667. The molecule has 17 heavy (non-hydrogen) atoms. The Balaban J connectivity index is 1.99. The van der Waals surface area contributed by atoms with Crippen LogP contribution in [0.15, 0.2) is 11.6 Å². The highest BCUT2D eigenvalue weighted by atomic mass is 32.1. The van der Waals surface area contributed by atoms with Crippen molar-refractivity contribution < 1.29 is 4.79 Å². The molecule has 1 fully saturated rings. The first kappa shape index (κ1) is 12.5. The zero-order valence-electron chi connectivity index (χ0n) is 10.1. The Morgan fingerprint density at radius 1 is 1.65 bits per heavy atom. The van der Waals surface area contributed by atoms with Crippen LogP contribution in [0.3, 0.4) is 0 Å². The van der Waals surface area contributed by atoms with E-state index >= 15 is 0 Å². The SMILES string of the molecule is CCC(NC1CCCCNC1=O)c1nccs1. The van der Waals surface area contributed by atoms with Crippen LogP contribution in [0.1, 0.15) is 43.7 Å². The summed E-state index contributed by atoms with van der Waals surface area (Å²) in [5, 5.41) is 9.44. The highest BCUT2D eigenvalue weighted by Gasteiger charge is 2.24. The zero-order chi connectivity index (χ0) is 12.1. The standard InChI is InChI=1S/C12H19N3OS/c1-2-9(12-14-7-8-17-12)15-10-5-3-4-6-13-11(10)16/h7-10,15H,2-6H2,1H3,(H,13,16). The van der Waals surface area contributed by atoms with Crippen molar-refractivity contribution in [3.63, 3.8) is 0 Å². The number of nitrogens with zero attached hydrogens (tertiary/aromatic N) is 1. The molecule has 94 valence electrons. The second-order valence-corrected chi connectivity index (χ2v) is 5.26.